The highest BCUT2D eigenvalue weighted by Gasteiger charge is 2.32. The Morgan fingerprint density at radius 2 is 0.815 bits per heavy atom. The zero-order chi connectivity index (χ0) is 53.8. The molecule has 6 nitrogen and oxygen atoms in total. The molecule has 0 saturated carbocycles. The maximum Gasteiger partial charge on any atom is 0.172 e. The smallest absolute Gasteiger partial charge is 0.172 e. The Morgan fingerprint density at radius 3 is 1.46 bits per heavy atom. The predicted octanol–water partition coefficient (Wildman–Crippen LogP) is 16.0. The van der Waals surface area contributed by atoms with E-state index in [1.54, 1.807) is 6.20 Å². The van der Waals surface area contributed by atoms with E-state index in [1.165, 1.54) is 0 Å². The molecule has 0 saturated heterocycles. The van der Waals surface area contributed by atoms with Crippen LogP contribution in [0, 0.1) is 0 Å². The lowest BCUT2D eigenvalue weighted by molar-refractivity contribution is 0.591. The fourth-order valence-corrected chi connectivity index (χ4v) is 17.7. The molecule has 12 aromatic carbocycles. The van der Waals surface area contributed by atoms with Crippen LogP contribution in [0.25, 0.3) is 115 Å². The number of hydrogen-bond donors (Lipinski definition) is 0. The van der Waals surface area contributed by atoms with Crippen LogP contribution in [0.1, 0.15) is 0 Å². The van der Waals surface area contributed by atoms with Gasteiger partial charge in [-0.05, 0) is 115 Å². The quantitative estimate of drug-likeness (QED) is 0.112. The Labute approximate surface area is 466 Å². The average molecular weight is 1070 g/mol. The molecule has 0 fully saturated rings. The van der Waals surface area contributed by atoms with E-state index in [0.717, 1.165) is 141 Å². The third-order valence-corrected chi connectivity index (χ3v) is 22.6. The molecule has 8 heteroatoms. The van der Waals surface area contributed by atoms with Gasteiger partial charge in [0.2, 0.25) is 0 Å². The molecule has 1 atom stereocenters. The van der Waals surface area contributed by atoms with Crippen LogP contribution in [0.4, 0.5) is 0 Å². The Morgan fingerprint density at radius 1 is 0.296 bits per heavy atom. The second-order valence-corrected chi connectivity index (χ2v) is 26.6. The van der Waals surface area contributed by atoms with Gasteiger partial charge in [-0.2, -0.15) is 0 Å². The van der Waals surface area contributed by atoms with Gasteiger partial charge in [-0.3, -0.25) is 14.4 Å². The van der Waals surface area contributed by atoms with E-state index in [2.05, 4.69) is 162 Å². The molecule has 81 heavy (non-hydrogen) atoms. The summed E-state index contributed by atoms with van der Waals surface area (Å²) in [5, 5.41) is 17.5. The topological polar surface area (TPSA) is 77.2 Å². The first-order valence-corrected chi connectivity index (χ1v) is 30.6. The maximum atomic E-state index is 16.1. The standard InChI is InChI=1S/C73H46N4O2P2/c78-80(58-19-2-1-3-20-58,59-29-22-47-12-4-7-16-51(47)39-59)63-33-37-67(75-46-63)56-28-36-68-71(43-56)77-70-42-54(27-34-65(70)66-35-26-50-15-10-11-21-64(50)72(66)73(77)76-68)57-38-55-25-32-62(44-69(55)74-45-57)81(79,60-30-23-48-13-5-8-17-52(48)40-60)61-31-24-49-14-6-9-18-53(49)41-61/h1-46H. The first-order chi connectivity index (χ1) is 39.8. The molecule has 0 N–H and O–H groups in total. The van der Waals surface area contributed by atoms with Crippen molar-refractivity contribution in [2.45, 2.75) is 0 Å². The van der Waals surface area contributed by atoms with Crippen molar-refractivity contribution in [1.82, 2.24) is 19.4 Å². The van der Waals surface area contributed by atoms with E-state index < -0.39 is 14.3 Å². The number of nitrogens with zero attached hydrogens (tertiary/aromatic N) is 4. The molecule has 380 valence electrons. The molecular formula is C73H46N4O2P2. The summed E-state index contributed by atoms with van der Waals surface area (Å²) in [7, 11) is -6.70. The minimum Gasteiger partial charge on any atom is -0.309 e. The summed E-state index contributed by atoms with van der Waals surface area (Å²) in [5.74, 6) is 0. The highest BCUT2D eigenvalue weighted by Crippen LogP contribution is 2.46. The van der Waals surface area contributed by atoms with E-state index in [9.17, 15) is 0 Å². The van der Waals surface area contributed by atoms with Crippen molar-refractivity contribution in [3.63, 3.8) is 0 Å². The molecule has 0 aliphatic carbocycles. The molecule has 4 heterocycles. The summed E-state index contributed by atoms with van der Waals surface area (Å²) in [4.78, 5) is 15.6. The van der Waals surface area contributed by atoms with Gasteiger partial charge in [-0.1, -0.05) is 206 Å². The van der Waals surface area contributed by atoms with Crippen LogP contribution in [-0.2, 0) is 9.13 Å². The molecule has 0 aliphatic heterocycles. The van der Waals surface area contributed by atoms with Crippen molar-refractivity contribution >= 4 is 138 Å². The average Bonchev–Trinajstić information content (AvgIpc) is 3.49. The van der Waals surface area contributed by atoms with Crippen LogP contribution < -0.4 is 31.8 Å². The van der Waals surface area contributed by atoms with Crippen LogP contribution in [0.15, 0.2) is 279 Å². The van der Waals surface area contributed by atoms with Crippen LogP contribution in [-0.4, -0.2) is 19.4 Å². The van der Waals surface area contributed by atoms with Gasteiger partial charge in [-0.25, -0.2) is 4.98 Å². The Hall–Kier alpha value is -9.83. The van der Waals surface area contributed by atoms with Gasteiger partial charge >= 0.3 is 0 Å². The second-order valence-electron chi connectivity index (χ2n) is 21.1. The Bertz CT molecular complexity index is 5300. The van der Waals surface area contributed by atoms with Crippen LogP contribution in [0.2, 0.25) is 0 Å². The van der Waals surface area contributed by atoms with Gasteiger partial charge in [-0.15, -0.1) is 0 Å². The largest absolute Gasteiger partial charge is 0.309 e. The molecule has 0 radical (unpaired) electrons. The number of fused-ring (bicyclic) bond motifs is 14. The van der Waals surface area contributed by atoms with E-state index in [-0.39, 0.29) is 0 Å². The molecule has 1 unspecified atom stereocenters. The SMILES string of the molecule is O=P(c1ccccc1)(c1ccc(-c2ccc3nc4c5c6ccccc6ccc5c5ccc(-c6cnc7cc(P(=O)(c8ccc9ccccc9c8)c8ccc9ccccc9c8)ccc7c6)cc5n4c3c2)nc1)c1ccc2ccccc2c1. The summed E-state index contributed by atoms with van der Waals surface area (Å²) >= 11 is 0. The normalized spacial score (nSPS) is 12.9. The molecule has 16 rings (SSSR count). The lowest BCUT2D eigenvalue weighted by Crippen LogP contribution is -2.25. The van der Waals surface area contributed by atoms with Gasteiger partial charge in [0.05, 0.1) is 27.8 Å². The number of rotatable bonds is 8. The highest BCUT2D eigenvalue weighted by atomic mass is 31.2. The molecule has 4 aromatic heterocycles. The number of pyridine rings is 3. The Kier molecular flexibility index (Phi) is 10.7. The molecule has 0 aliphatic rings. The van der Waals surface area contributed by atoms with Gasteiger partial charge in [0, 0.05) is 71.5 Å². The van der Waals surface area contributed by atoms with Crippen LogP contribution >= 0.6 is 14.3 Å². The van der Waals surface area contributed by atoms with Crippen molar-refractivity contribution in [3.8, 4) is 22.4 Å². The third-order valence-electron chi connectivity index (χ3n) is 16.5. The lowest BCUT2D eigenvalue weighted by Gasteiger charge is -2.21. The summed E-state index contributed by atoms with van der Waals surface area (Å²) in [6.07, 6.45) is 3.73. The van der Waals surface area contributed by atoms with Gasteiger partial charge in [0.1, 0.15) is 5.65 Å². The fourth-order valence-electron chi connectivity index (χ4n) is 12.4. The first-order valence-electron chi connectivity index (χ1n) is 27.2. The van der Waals surface area contributed by atoms with Crippen LogP contribution in [0.5, 0.6) is 0 Å². The van der Waals surface area contributed by atoms with E-state index in [1.807, 2.05) is 115 Å². The highest BCUT2D eigenvalue weighted by molar-refractivity contribution is 7.85. The minimum absolute atomic E-state index is 0.672. The number of hydrogen-bond acceptors (Lipinski definition) is 5. The third kappa shape index (κ3) is 7.52. The number of benzene rings is 12. The Balaban J connectivity index is 0.828. The summed E-state index contributed by atoms with van der Waals surface area (Å²) in [6, 6.07) is 91.2. The van der Waals surface area contributed by atoms with Crippen molar-refractivity contribution < 1.29 is 9.13 Å². The predicted molar refractivity (Wildman–Crippen MR) is 340 cm³/mol. The van der Waals surface area contributed by atoms with Crippen molar-refractivity contribution in [2.75, 3.05) is 0 Å². The number of aromatic nitrogens is 4. The summed E-state index contributed by atoms with van der Waals surface area (Å²) in [5.41, 5.74) is 8.10. The first kappa shape index (κ1) is 47.2. The van der Waals surface area contributed by atoms with Gasteiger partial charge in [0.25, 0.3) is 0 Å². The van der Waals surface area contributed by atoms with Crippen molar-refractivity contribution in [2.24, 2.45) is 0 Å². The van der Waals surface area contributed by atoms with E-state index in [4.69, 9.17) is 15.0 Å². The summed E-state index contributed by atoms with van der Waals surface area (Å²) < 4.78 is 34.1. The van der Waals surface area contributed by atoms with Crippen molar-refractivity contribution in [1.29, 1.82) is 0 Å². The fraction of sp³-hybridized carbons (Fsp3) is 0. The number of imidazole rings is 1. The maximum absolute atomic E-state index is 16.1. The second kappa shape index (κ2) is 18.4. The van der Waals surface area contributed by atoms with E-state index in [0.29, 0.717) is 5.30 Å². The molecule has 16 aromatic rings. The van der Waals surface area contributed by atoms with Gasteiger partial charge < -0.3 is 9.13 Å². The minimum atomic E-state index is -3.39. The zero-order valence-corrected chi connectivity index (χ0v) is 45.3. The van der Waals surface area contributed by atoms with Crippen LogP contribution in [0.3, 0.4) is 0 Å². The van der Waals surface area contributed by atoms with E-state index >= 15 is 9.13 Å². The molecule has 0 spiro atoms. The van der Waals surface area contributed by atoms with Crippen molar-refractivity contribution in [3.05, 3.63) is 279 Å². The van der Waals surface area contributed by atoms with Gasteiger partial charge in [0.15, 0.2) is 14.3 Å². The molecule has 0 bridgehead atoms. The molecule has 0 amide bonds. The molecular weight excluding hydrogens is 1030 g/mol. The summed E-state index contributed by atoms with van der Waals surface area (Å²) in [6.45, 7) is 0. The monoisotopic (exact) mass is 1070 g/mol. The lowest BCUT2D eigenvalue weighted by atomic mass is 9.97. The zero-order valence-electron chi connectivity index (χ0n) is 43.6.